The number of hydrogen-bond acceptors (Lipinski definition) is 4. The van der Waals surface area contributed by atoms with Crippen LogP contribution in [0, 0.1) is 11.3 Å². The lowest BCUT2D eigenvalue weighted by atomic mass is 9.76. The highest BCUT2D eigenvalue weighted by atomic mass is 16.5. The van der Waals surface area contributed by atoms with Gasteiger partial charge < -0.3 is 14.7 Å². The van der Waals surface area contributed by atoms with Crippen LogP contribution >= 0.6 is 0 Å². The van der Waals surface area contributed by atoms with E-state index in [2.05, 4.69) is 4.90 Å². The van der Waals surface area contributed by atoms with Crippen molar-refractivity contribution in [2.45, 2.75) is 32.1 Å². The van der Waals surface area contributed by atoms with Crippen molar-refractivity contribution in [3.05, 3.63) is 24.3 Å². The molecular formula is C20H28N2O3. The Labute approximate surface area is 149 Å². The summed E-state index contributed by atoms with van der Waals surface area (Å²) in [5.74, 6) is 1.73. The molecule has 0 radical (unpaired) electrons. The fourth-order valence-electron chi connectivity index (χ4n) is 4.44. The molecule has 2 heterocycles. The summed E-state index contributed by atoms with van der Waals surface area (Å²) in [6.07, 6.45) is 5.90. The Morgan fingerprint density at radius 3 is 2.92 bits per heavy atom. The lowest BCUT2D eigenvalue weighted by Gasteiger charge is -2.42. The number of rotatable bonds is 5. The minimum absolute atomic E-state index is 0.00259. The third-order valence-corrected chi connectivity index (χ3v) is 5.88. The number of ether oxygens (including phenoxy) is 1. The Hall–Kier alpha value is -1.59. The highest BCUT2D eigenvalue weighted by Crippen LogP contribution is 2.44. The monoisotopic (exact) mass is 344 g/mol. The number of nitrogens with zero attached hydrogens (tertiary/aromatic N) is 2. The van der Waals surface area contributed by atoms with Crippen LogP contribution in [0.25, 0.3) is 0 Å². The molecule has 2 aliphatic heterocycles. The molecule has 3 aliphatic rings. The number of piperidine rings is 1. The van der Waals surface area contributed by atoms with Crippen LogP contribution in [0.15, 0.2) is 24.3 Å². The number of carbonyl (C=O) groups excluding carboxylic acids is 1. The molecule has 1 atom stereocenters. The van der Waals surface area contributed by atoms with Crippen LogP contribution in [-0.2, 0) is 4.79 Å². The molecule has 5 heteroatoms. The summed E-state index contributed by atoms with van der Waals surface area (Å²) < 4.78 is 5.65. The van der Waals surface area contributed by atoms with Crippen molar-refractivity contribution in [2.75, 3.05) is 44.3 Å². The first-order valence-electron chi connectivity index (χ1n) is 9.55. The summed E-state index contributed by atoms with van der Waals surface area (Å²) in [4.78, 5) is 17.0. The summed E-state index contributed by atoms with van der Waals surface area (Å²) in [7, 11) is 0. The van der Waals surface area contributed by atoms with E-state index in [0.717, 1.165) is 49.7 Å². The second-order valence-corrected chi connectivity index (χ2v) is 7.98. The standard InChI is InChI=1S/C20H28N2O3/c23-15-20(12-16-6-7-16)8-3-9-21(14-20)13-19(24)22-10-11-25-18-5-2-1-4-17(18)22/h1-2,4-5,16,23H,3,6-15H2/t20-/m1/s1. The van der Waals surface area contributed by atoms with E-state index in [-0.39, 0.29) is 17.9 Å². The first kappa shape index (κ1) is 16.9. The van der Waals surface area contributed by atoms with Crippen LogP contribution in [0.5, 0.6) is 5.75 Å². The predicted molar refractivity (Wildman–Crippen MR) is 96.8 cm³/mol. The molecule has 1 amide bonds. The van der Waals surface area contributed by atoms with Crippen LogP contribution < -0.4 is 9.64 Å². The highest BCUT2D eigenvalue weighted by molar-refractivity contribution is 5.96. The quantitative estimate of drug-likeness (QED) is 0.890. The van der Waals surface area contributed by atoms with Crippen molar-refractivity contribution in [1.82, 2.24) is 4.90 Å². The van der Waals surface area contributed by atoms with Crippen LogP contribution in [0.4, 0.5) is 5.69 Å². The van der Waals surface area contributed by atoms with E-state index in [0.29, 0.717) is 19.7 Å². The molecule has 0 aromatic heterocycles. The number of aliphatic hydroxyl groups excluding tert-OH is 1. The zero-order valence-electron chi connectivity index (χ0n) is 14.8. The largest absolute Gasteiger partial charge is 0.490 e. The maximum absolute atomic E-state index is 12.9. The lowest BCUT2D eigenvalue weighted by Crippen LogP contribution is -2.50. The van der Waals surface area contributed by atoms with Crippen molar-refractivity contribution >= 4 is 11.6 Å². The number of aliphatic hydroxyl groups is 1. The van der Waals surface area contributed by atoms with E-state index < -0.39 is 0 Å². The molecule has 0 bridgehead atoms. The summed E-state index contributed by atoms with van der Waals surface area (Å²) in [6.45, 7) is 3.62. The van der Waals surface area contributed by atoms with Gasteiger partial charge in [0.25, 0.3) is 0 Å². The van der Waals surface area contributed by atoms with Crippen molar-refractivity contribution < 1.29 is 14.6 Å². The van der Waals surface area contributed by atoms with Gasteiger partial charge in [0.2, 0.25) is 5.91 Å². The fraction of sp³-hybridized carbons (Fsp3) is 0.650. The van der Waals surface area contributed by atoms with Gasteiger partial charge in [-0.05, 0) is 43.9 Å². The molecule has 2 fully saturated rings. The van der Waals surface area contributed by atoms with E-state index in [1.54, 1.807) is 0 Å². The van der Waals surface area contributed by atoms with Gasteiger partial charge in [-0.15, -0.1) is 0 Å². The molecular weight excluding hydrogens is 316 g/mol. The van der Waals surface area contributed by atoms with Crippen LogP contribution in [0.2, 0.25) is 0 Å². The van der Waals surface area contributed by atoms with E-state index in [4.69, 9.17) is 4.74 Å². The van der Waals surface area contributed by atoms with Crippen LogP contribution in [0.3, 0.4) is 0 Å². The van der Waals surface area contributed by atoms with Crippen LogP contribution in [0.1, 0.15) is 32.1 Å². The SMILES string of the molecule is O=C(CN1CCC[C@@](CO)(CC2CC2)C1)N1CCOc2ccccc21. The number of likely N-dealkylation sites (tertiary alicyclic amines) is 1. The third-order valence-electron chi connectivity index (χ3n) is 5.88. The Kier molecular flexibility index (Phi) is 4.69. The van der Waals surface area contributed by atoms with E-state index in [1.807, 2.05) is 29.2 Å². The minimum Gasteiger partial charge on any atom is -0.490 e. The summed E-state index contributed by atoms with van der Waals surface area (Å²) in [5, 5.41) is 10.0. The van der Waals surface area contributed by atoms with Gasteiger partial charge in [-0.25, -0.2) is 0 Å². The van der Waals surface area contributed by atoms with Gasteiger partial charge in [0.15, 0.2) is 0 Å². The van der Waals surface area contributed by atoms with E-state index in [1.165, 1.54) is 12.8 Å². The number of fused-ring (bicyclic) bond motifs is 1. The number of anilines is 1. The highest BCUT2D eigenvalue weighted by Gasteiger charge is 2.40. The van der Waals surface area contributed by atoms with Gasteiger partial charge in [0, 0.05) is 18.6 Å². The second kappa shape index (κ2) is 6.96. The normalized spacial score (nSPS) is 26.8. The third kappa shape index (κ3) is 3.67. The molecule has 136 valence electrons. The minimum atomic E-state index is 0.00259. The lowest BCUT2D eigenvalue weighted by molar-refractivity contribution is -0.121. The molecule has 1 aliphatic carbocycles. The number of benzene rings is 1. The molecule has 1 aromatic rings. The zero-order valence-corrected chi connectivity index (χ0v) is 14.8. The van der Waals surface area contributed by atoms with E-state index in [9.17, 15) is 9.90 Å². The maximum Gasteiger partial charge on any atom is 0.241 e. The second-order valence-electron chi connectivity index (χ2n) is 7.98. The average molecular weight is 344 g/mol. The molecule has 4 rings (SSSR count). The Morgan fingerprint density at radius 2 is 2.12 bits per heavy atom. The number of para-hydroxylation sites is 2. The maximum atomic E-state index is 12.9. The zero-order chi connectivity index (χ0) is 17.3. The van der Waals surface area contributed by atoms with Gasteiger partial charge in [-0.1, -0.05) is 25.0 Å². The first-order valence-corrected chi connectivity index (χ1v) is 9.55. The van der Waals surface area contributed by atoms with Gasteiger partial charge in [0.05, 0.1) is 18.8 Å². The summed E-state index contributed by atoms with van der Waals surface area (Å²) in [6, 6.07) is 7.75. The van der Waals surface area contributed by atoms with Crippen LogP contribution in [-0.4, -0.2) is 55.3 Å². The molecule has 1 aromatic carbocycles. The summed E-state index contributed by atoms with van der Waals surface area (Å²) in [5.41, 5.74) is 0.880. The average Bonchev–Trinajstić information content (AvgIpc) is 3.45. The first-order chi connectivity index (χ1) is 12.2. The Morgan fingerprint density at radius 1 is 1.28 bits per heavy atom. The fourth-order valence-corrected chi connectivity index (χ4v) is 4.44. The molecule has 5 nitrogen and oxygen atoms in total. The Bertz CT molecular complexity index is 631. The molecule has 25 heavy (non-hydrogen) atoms. The van der Waals surface area contributed by atoms with Gasteiger partial charge in [0.1, 0.15) is 12.4 Å². The van der Waals surface area contributed by atoms with Crippen molar-refractivity contribution in [2.24, 2.45) is 11.3 Å². The number of amides is 1. The smallest absolute Gasteiger partial charge is 0.241 e. The Balaban J connectivity index is 1.42. The predicted octanol–water partition coefficient (Wildman–Crippen LogP) is 2.29. The van der Waals surface area contributed by atoms with Crippen molar-refractivity contribution in [3.8, 4) is 5.75 Å². The van der Waals surface area contributed by atoms with Crippen molar-refractivity contribution in [3.63, 3.8) is 0 Å². The number of carbonyl (C=O) groups is 1. The van der Waals surface area contributed by atoms with Crippen molar-refractivity contribution in [1.29, 1.82) is 0 Å². The van der Waals surface area contributed by atoms with Gasteiger partial charge in [-0.2, -0.15) is 0 Å². The molecule has 1 saturated heterocycles. The molecule has 1 N–H and O–H groups in total. The van der Waals surface area contributed by atoms with Gasteiger partial charge in [-0.3, -0.25) is 9.69 Å². The molecule has 1 saturated carbocycles. The topological polar surface area (TPSA) is 53.0 Å². The molecule has 0 unspecified atom stereocenters. The van der Waals surface area contributed by atoms with E-state index >= 15 is 0 Å². The van der Waals surface area contributed by atoms with Gasteiger partial charge >= 0.3 is 0 Å². The number of hydrogen-bond donors (Lipinski definition) is 1. The summed E-state index contributed by atoms with van der Waals surface area (Å²) >= 11 is 0. The molecule has 0 spiro atoms.